The highest BCUT2D eigenvalue weighted by Crippen LogP contribution is 2.59. The molecule has 3 rings (SSSR count). The molecule has 0 amide bonds. The van der Waals surface area contributed by atoms with E-state index < -0.39 is 17.8 Å². The summed E-state index contributed by atoms with van der Waals surface area (Å²) in [5.74, 6) is 2.00. The monoisotopic (exact) mass is 416 g/mol. The maximum absolute atomic E-state index is 10.2. The first-order valence-corrected chi connectivity index (χ1v) is 12.2. The Balaban J connectivity index is 1.73. The van der Waals surface area contributed by atoms with E-state index in [9.17, 15) is 15.3 Å². The summed E-state index contributed by atoms with van der Waals surface area (Å²) in [7, 11) is 0. The fraction of sp³-hybridized carbons (Fsp3) is 0.778. The highest BCUT2D eigenvalue weighted by molar-refractivity contribution is 5.26. The minimum atomic E-state index is -0.674. The molecule has 1 unspecified atom stereocenters. The van der Waals surface area contributed by atoms with E-state index in [0.717, 1.165) is 0 Å². The molecule has 30 heavy (non-hydrogen) atoms. The Morgan fingerprint density at radius 2 is 1.70 bits per heavy atom. The molecule has 3 fully saturated rings. The van der Waals surface area contributed by atoms with E-state index in [1.54, 1.807) is 5.57 Å². The van der Waals surface area contributed by atoms with Gasteiger partial charge in [0.15, 0.2) is 0 Å². The molecule has 0 aromatic rings. The molecule has 7 atom stereocenters. The van der Waals surface area contributed by atoms with Crippen LogP contribution in [0, 0.1) is 29.1 Å². The van der Waals surface area contributed by atoms with Crippen LogP contribution >= 0.6 is 0 Å². The summed E-state index contributed by atoms with van der Waals surface area (Å²) in [5, 5.41) is 30.2. The third-order valence-electron chi connectivity index (χ3n) is 8.56. The molecule has 0 aromatic carbocycles. The van der Waals surface area contributed by atoms with E-state index in [-0.39, 0.29) is 5.92 Å². The fourth-order valence-electron chi connectivity index (χ4n) is 6.39. The molecule has 3 N–H and O–H groups in total. The molecule has 3 saturated carbocycles. The Morgan fingerprint density at radius 3 is 2.33 bits per heavy atom. The van der Waals surface area contributed by atoms with Crippen LogP contribution in [-0.4, -0.2) is 33.1 Å². The van der Waals surface area contributed by atoms with Gasteiger partial charge in [0.05, 0.1) is 17.8 Å². The molecule has 0 aliphatic heterocycles. The lowest BCUT2D eigenvalue weighted by molar-refractivity contribution is 0.0436. The van der Waals surface area contributed by atoms with Crippen molar-refractivity contribution in [2.45, 2.75) is 104 Å². The standard InChI is InChI=1S/C27H44O3/c1-18(8-9-19(2)26(3,4)30)24-12-13-25-21(7-6-14-27(24,25)5)11-10-20-15-22(28)17-23(29)16-20/h8-11,18-19,22-25,28-30H,6-7,12-17H2,1-5H3/b9-8+,21-11+/t18-,19+,22-,23-,24-,25?,27-/m1/s1. The largest absolute Gasteiger partial charge is 0.393 e. The van der Waals surface area contributed by atoms with Gasteiger partial charge in [-0.25, -0.2) is 0 Å². The van der Waals surface area contributed by atoms with E-state index in [1.807, 2.05) is 13.8 Å². The number of fused-ring (bicyclic) bond motifs is 1. The van der Waals surface area contributed by atoms with Gasteiger partial charge >= 0.3 is 0 Å². The van der Waals surface area contributed by atoms with Gasteiger partial charge in [-0.1, -0.05) is 56.2 Å². The lowest BCUT2D eigenvalue weighted by Crippen LogP contribution is -2.35. The zero-order valence-corrected chi connectivity index (χ0v) is 19.8. The van der Waals surface area contributed by atoms with Crippen LogP contribution < -0.4 is 0 Å². The van der Waals surface area contributed by atoms with Gasteiger partial charge in [-0.15, -0.1) is 0 Å². The molecular weight excluding hydrogens is 372 g/mol. The average molecular weight is 417 g/mol. The van der Waals surface area contributed by atoms with Crippen molar-refractivity contribution < 1.29 is 15.3 Å². The maximum atomic E-state index is 10.2. The van der Waals surface area contributed by atoms with E-state index in [1.165, 1.54) is 37.7 Å². The van der Waals surface area contributed by atoms with Crippen LogP contribution in [0.4, 0.5) is 0 Å². The quantitative estimate of drug-likeness (QED) is 0.514. The van der Waals surface area contributed by atoms with Crippen molar-refractivity contribution >= 4 is 0 Å². The smallest absolute Gasteiger partial charge is 0.0651 e. The molecule has 3 aliphatic carbocycles. The van der Waals surface area contributed by atoms with Crippen LogP contribution in [0.2, 0.25) is 0 Å². The first-order chi connectivity index (χ1) is 14.0. The lowest BCUT2D eigenvalue weighted by Gasteiger charge is -2.44. The van der Waals surface area contributed by atoms with E-state index in [2.05, 4.69) is 45.1 Å². The van der Waals surface area contributed by atoms with E-state index >= 15 is 0 Å². The van der Waals surface area contributed by atoms with Crippen LogP contribution in [-0.2, 0) is 0 Å². The first kappa shape index (κ1) is 23.8. The third kappa shape index (κ3) is 5.29. The minimum Gasteiger partial charge on any atom is -0.393 e. The second-order valence-electron chi connectivity index (χ2n) is 11.3. The van der Waals surface area contributed by atoms with Crippen molar-refractivity contribution in [3.05, 3.63) is 35.5 Å². The van der Waals surface area contributed by atoms with Crippen LogP contribution in [0.25, 0.3) is 0 Å². The molecule has 0 radical (unpaired) electrons. The van der Waals surface area contributed by atoms with Crippen molar-refractivity contribution in [3.63, 3.8) is 0 Å². The lowest BCUT2D eigenvalue weighted by atomic mass is 9.61. The number of hydrogen-bond acceptors (Lipinski definition) is 3. The summed E-state index contributed by atoms with van der Waals surface area (Å²) in [6.45, 7) is 10.7. The Bertz CT molecular complexity index is 671. The minimum absolute atomic E-state index is 0.152. The molecule has 0 spiro atoms. The van der Waals surface area contributed by atoms with Gasteiger partial charge in [0, 0.05) is 5.92 Å². The number of hydrogen-bond donors (Lipinski definition) is 3. The van der Waals surface area contributed by atoms with Crippen molar-refractivity contribution in [2.24, 2.45) is 29.1 Å². The topological polar surface area (TPSA) is 60.7 Å². The van der Waals surface area contributed by atoms with Crippen molar-refractivity contribution in [2.75, 3.05) is 0 Å². The number of aliphatic hydroxyl groups is 3. The normalized spacial score (nSPS) is 38.7. The number of rotatable bonds is 5. The molecule has 0 heterocycles. The SMILES string of the molecule is C[C@H](/C=C/[C@H](C)C(C)(C)O)[C@H]1CCC2/C(=C/C=C3C[C@@H](O)C[C@H](O)C3)CCC[C@@]21C. The Labute approximate surface area is 184 Å². The molecule has 0 aromatic heterocycles. The van der Waals surface area contributed by atoms with Crippen LogP contribution in [0.5, 0.6) is 0 Å². The highest BCUT2D eigenvalue weighted by Gasteiger charge is 2.50. The molecule has 3 heteroatoms. The van der Waals surface area contributed by atoms with Crippen LogP contribution in [0.15, 0.2) is 35.5 Å². The fourth-order valence-corrected chi connectivity index (χ4v) is 6.39. The molecule has 3 nitrogen and oxygen atoms in total. The predicted molar refractivity (Wildman–Crippen MR) is 124 cm³/mol. The van der Waals surface area contributed by atoms with E-state index in [0.29, 0.717) is 42.4 Å². The van der Waals surface area contributed by atoms with Crippen molar-refractivity contribution in [1.29, 1.82) is 0 Å². The second kappa shape index (κ2) is 9.30. The van der Waals surface area contributed by atoms with E-state index in [4.69, 9.17) is 0 Å². The van der Waals surface area contributed by atoms with Gasteiger partial charge in [-0.2, -0.15) is 0 Å². The van der Waals surface area contributed by atoms with Crippen LogP contribution in [0.1, 0.15) is 86.0 Å². The molecular formula is C27H44O3. The predicted octanol–water partition coefficient (Wildman–Crippen LogP) is 5.56. The zero-order chi connectivity index (χ0) is 22.1. The van der Waals surface area contributed by atoms with Gasteiger partial charge < -0.3 is 15.3 Å². The second-order valence-corrected chi connectivity index (χ2v) is 11.3. The molecule has 3 aliphatic rings. The number of allylic oxidation sites excluding steroid dienone is 4. The van der Waals surface area contributed by atoms with Crippen molar-refractivity contribution in [1.82, 2.24) is 0 Å². The van der Waals surface area contributed by atoms with Gasteiger partial charge in [0.25, 0.3) is 0 Å². The summed E-state index contributed by atoms with van der Waals surface area (Å²) in [4.78, 5) is 0. The van der Waals surface area contributed by atoms with Gasteiger partial charge in [0.2, 0.25) is 0 Å². The summed E-state index contributed by atoms with van der Waals surface area (Å²) in [6, 6.07) is 0. The maximum Gasteiger partial charge on any atom is 0.0651 e. The first-order valence-electron chi connectivity index (χ1n) is 12.2. The Kier molecular flexibility index (Phi) is 7.37. The highest BCUT2D eigenvalue weighted by atomic mass is 16.3. The summed E-state index contributed by atoms with van der Waals surface area (Å²) < 4.78 is 0. The zero-order valence-electron chi connectivity index (χ0n) is 19.8. The molecule has 170 valence electrons. The van der Waals surface area contributed by atoms with Crippen molar-refractivity contribution in [3.8, 4) is 0 Å². The van der Waals surface area contributed by atoms with Gasteiger partial charge in [-0.3, -0.25) is 0 Å². The Hall–Kier alpha value is -0.900. The summed E-state index contributed by atoms with van der Waals surface area (Å²) in [6.07, 6.45) is 16.5. The average Bonchev–Trinajstić information content (AvgIpc) is 3.00. The number of aliphatic hydroxyl groups excluding tert-OH is 2. The van der Waals surface area contributed by atoms with Gasteiger partial charge in [-0.05, 0) is 88.4 Å². The Morgan fingerprint density at radius 1 is 1.03 bits per heavy atom. The van der Waals surface area contributed by atoms with Crippen LogP contribution in [0.3, 0.4) is 0 Å². The third-order valence-corrected chi connectivity index (χ3v) is 8.56. The summed E-state index contributed by atoms with van der Waals surface area (Å²) in [5.41, 5.74) is 2.43. The molecule has 0 bridgehead atoms. The summed E-state index contributed by atoms with van der Waals surface area (Å²) >= 11 is 0. The van der Waals surface area contributed by atoms with Gasteiger partial charge in [0.1, 0.15) is 0 Å². The molecule has 0 saturated heterocycles.